The van der Waals surface area contributed by atoms with E-state index < -0.39 is 0 Å². The predicted octanol–water partition coefficient (Wildman–Crippen LogP) is 2.48. The Balaban J connectivity index is 2.76. The molecule has 0 aliphatic carbocycles. The zero-order valence-electron chi connectivity index (χ0n) is 6.59. The molecule has 3 heteroatoms. The van der Waals surface area contributed by atoms with Crippen molar-refractivity contribution in [2.45, 2.75) is 25.2 Å². The van der Waals surface area contributed by atoms with Crippen molar-refractivity contribution in [2.24, 2.45) is 0 Å². The molecule has 2 nitrogen and oxygen atoms in total. The van der Waals surface area contributed by atoms with Gasteiger partial charge in [-0.15, -0.1) is 0 Å². The van der Waals surface area contributed by atoms with Gasteiger partial charge in [0.1, 0.15) is 5.76 Å². The van der Waals surface area contributed by atoms with Gasteiger partial charge < -0.3 is 4.42 Å². The molecular formula is C8H10O2S. The van der Waals surface area contributed by atoms with Gasteiger partial charge in [0.2, 0.25) is 0 Å². The number of aryl methyl sites for hydroxylation is 1. The third kappa shape index (κ3) is 2.12. The predicted molar refractivity (Wildman–Crippen MR) is 44.6 cm³/mol. The molecule has 60 valence electrons. The third-order valence-electron chi connectivity index (χ3n) is 1.28. The van der Waals surface area contributed by atoms with Crippen LogP contribution in [0.4, 0.5) is 0 Å². The lowest BCUT2D eigenvalue weighted by Crippen LogP contribution is -1.83. The molecule has 0 unspecified atom stereocenters. The van der Waals surface area contributed by atoms with Crippen LogP contribution in [0.2, 0.25) is 0 Å². The van der Waals surface area contributed by atoms with Crippen LogP contribution in [-0.2, 0) is 11.2 Å². The average molecular weight is 170 g/mol. The second-order valence-electron chi connectivity index (χ2n) is 2.16. The first-order valence-electron chi connectivity index (χ1n) is 3.48. The summed E-state index contributed by atoms with van der Waals surface area (Å²) in [5, 5.41) is 0.0982. The Bertz CT molecular complexity index is 252. The Hall–Kier alpha value is -0.700. The maximum atomic E-state index is 10.7. The molecule has 0 aliphatic rings. The SMILES string of the molecule is CCc1occc1SC(C)=O. The summed E-state index contributed by atoms with van der Waals surface area (Å²) in [6.07, 6.45) is 2.45. The molecule has 0 fully saturated rings. The summed E-state index contributed by atoms with van der Waals surface area (Å²) in [7, 11) is 0. The van der Waals surface area contributed by atoms with Gasteiger partial charge in [-0.2, -0.15) is 0 Å². The van der Waals surface area contributed by atoms with E-state index in [1.165, 1.54) is 11.8 Å². The van der Waals surface area contributed by atoms with Gasteiger partial charge in [-0.1, -0.05) is 6.92 Å². The number of rotatable bonds is 2. The van der Waals surface area contributed by atoms with Gasteiger partial charge in [0.05, 0.1) is 11.2 Å². The van der Waals surface area contributed by atoms with E-state index in [9.17, 15) is 4.79 Å². The highest BCUT2D eigenvalue weighted by atomic mass is 32.2. The molecule has 0 amide bonds. The van der Waals surface area contributed by atoms with Crippen molar-refractivity contribution in [1.29, 1.82) is 0 Å². The summed E-state index contributed by atoms with van der Waals surface area (Å²) < 4.78 is 5.14. The Morgan fingerprint density at radius 2 is 2.45 bits per heavy atom. The summed E-state index contributed by atoms with van der Waals surface area (Å²) in [6.45, 7) is 3.56. The van der Waals surface area contributed by atoms with Gasteiger partial charge in [0, 0.05) is 13.3 Å². The first kappa shape index (κ1) is 8.40. The van der Waals surface area contributed by atoms with E-state index in [0.29, 0.717) is 0 Å². The zero-order chi connectivity index (χ0) is 8.27. The normalized spacial score (nSPS) is 10.0. The number of hydrogen-bond donors (Lipinski definition) is 0. The topological polar surface area (TPSA) is 30.2 Å². The van der Waals surface area contributed by atoms with Gasteiger partial charge in [0.15, 0.2) is 5.12 Å². The number of carbonyl (C=O) groups is 1. The lowest BCUT2D eigenvalue weighted by atomic mass is 10.4. The smallest absolute Gasteiger partial charge is 0.190 e. The highest BCUT2D eigenvalue weighted by Crippen LogP contribution is 2.24. The number of carbonyl (C=O) groups excluding carboxylic acids is 1. The standard InChI is InChI=1S/C8H10O2S/c1-3-7-8(4-5-10-7)11-6(2)9/h4-5H,3H2,1-2H3. The van der Waals surface area contributed by atoms with E-state index in [1.54, 1.807) is 13.2 Å². The van der Waals surface area contributed by atoms with Crippen LogP contribution in [0, 0.1) is 0 Å². The van der Waals surface area contributed by atoms with Crippen molar-refractivity contribution < 1.29 is 9.21 Å². The van der Waals surface area contributed by atoms with Crippen molar-refractivity contribution in [3.8, 4) is 0 Å². The number of furan rings is 1. The number of thioether (sulfide) groups is 1. The van der Waals surface area contributed by atoms with E-state index >= 15 is 0 Å². The molecule has 0 saturated heterocycles. The van der Waals surface area contributed by atoms with Gasteiger partial charge >= 0.3 is 0 Å². The minimum atomic E-state index is 0.0982. The fourth-order valence-corrected chi connectivity index (χ4v) is 1.57. The highest BCUT2D eigenvalue weighted by molar-refractivity contribution is 8.13. The van der Waals surface area contributed by atoms with Gasteiger partial charge in [-0.25, -0.2) is 0 Å². The fraction of sp³-hybridized carbons (Fsp3) is 0.375. The Labute approximate surface area is 70.0 Å². The largest absolute Gasteiger partial charge is 0.468 e. The van der Waals surface area contributed by atoms with Crippen molar-refractivity contribution in [1.82, 2.24) is 0 Å². The van der Waals surface area contributed by atoms with Crippen LogP contribution >= 0.6 is 11.8 Å². The lowest BCUT2D eigenvalue weighted by Gasteiger charge is -1.93. The van der Waals surface area contributed by atoms with Crippen LogP contribution in [0.1, 0.15) is 19.6 Å². The van der Waals surface area contributed by atoms with Crippen LogP contribution in [0.5, 0.6) is 0 Å². The molecule has 0 aromatic carbocycles. The van der Waals surface area contributed by atoms with Crippen molar-refractivity contribution >= 4 is 16.9 Å². The molecule has 0 spiro atoms. The van der Waals surface area contributed by atoms with Crippen molar-refractivity contribution in [3.63, 3.8) is 0 Å². The maximum absolute atomic E-state index is 10.7. The lowest BCUT2D eigenvalue weighted by molar-refractivity contribution is -0.109. The molecule has 1 aromatic rings. The summed E-state index contributed by atoms with van der Waals surface area (Å²) in [5.41, 5.74) is 0. The van der Waals surface area contributed by atoms with Crippen molar-refractivity contribution in [3.05, 3.63) is 18.1 Å². The zero-order valence-corrected chi connectivity index (χ0v) is 7.40. The second kappa shape index (κ2) is 3.62. The molecular weight excluding hydrogens is 160 g/mol. The van der Waals surface area contributed by atoms with E-state index in [2.05, 4.69) is 0 Å². The number of hydrogen-bond acceptors (Lipinski definition) is 3. The second-order valence-corrected chi connectivity index (χ2v) is 3.37. The fourth-order valence-electron chi connectivity index (χ4n) is 0.832. The maximum Gasteiger partial charge on any atom is 0.190 e. The molecule has 1 rings (SSSR count). The van der Waals surface area contributed by atoms with E-state index in [1.807, 2.05) is 13.0 Å². The Morgan fingerprint density at radius 3 is 3.00 bits per heavy atom. The van der Waals surface area contributed by atoms with Crippen LogP contribution in [0.3, 0.4) is 0 Å². The molecule has 0 aliphatic heterocycles. The van der Waals surface area contributed by atoms with Crippen LogP contribution in [0.15, 0.2) is 21.6 Å². The van der Waals surface area contributed by atoms with Gasteiger partial charge in [-0.3, -0.25) is 4.79 Å². The minimum Gasteiger partial charge on any atom is -0.468 e. The van der Waals surface area contributed by atoms with E-state index in [-0.39, 0.29) is 5.12 Å². The molecule has 0 radical (unpaired) electrons. The molecule has 11 heavy (non-hydrogen) atoms. The van der Waals surface area contributed by atoms with Gasteiger partial charge in [0.25, 0.3) is 0 Å². The Kier molecular flexibility index (Phi) is 2.76. The molecule has 0 saturated carbocycles. The minimum absolute atomic E-state index is 0.0982. The molecule has 1 heterocycles. The first-order valence-corrected chi connectivity index (χ1v) is 4.30. The molecule has 0 N–H and O–H groups in total. The summed E-state index contributed by atoms with van der Waals surface area (Å²) in [6, 6.07) is 1.82. The van der Waals surface area contributed by atoms with Crippen LogP contribution in [-0.4, -0.2) is 5.12 Å². The first-order chi connectivity index (χ1) is 5.24. The molecule has 1 aromatic heterocycles. The van der Waals surface area contributed by atoms with Crippen LogP contribution < -0.4 is 0 Å². The third-order valence-corrected chi connectivity index (χ3v) is 2.15. The summed E-state index contributed by atoms with van der Waals surface area (Å²) in [4.78, 5) is 11.6. The summed E-state index contributed by atoms with van der Waals surface area (Å²) >= 11 is 1.22. The average Bonchev–Trinajstić information content (AvgIpc) is 2.34. The molecule has 0 atom stereocenters. The van der Waals surface area contributed by atoms with E-state index in [0.717, 1.165) is 17.1 Å². The molecule has 0 bridgehead atoms. The van der Waals surface area contributed by atoms with E-state index in [4.69, 9.17) is 4.42 Å². The Morgan fingerprint density at radius 1 is 1.73 bits per heavy atom. The van der Waals surface area contributed by atoms with Crippen molar-refractivity contribution in [2.75, 3.05) is 0 Å². The highest BCUT2D eigenvalue weighted by Gasteiger charge is 2.06. The van der Waals surface area contributed by atoms with Crippen LogP contribution in [0.25, 0.3) is 0 Å². The quantitative estimate of drug-likeness (QED) is 0.639. The van der Waals surface area contributed by atoms with Gasteiger partial charge in [-0.05, 0) is 17.8 Å². The monoisotopic (exact) mass is 170 g/mol. The summed E-state index contributed by atoms with van der Waals surface area (Å²) in [5.74, 6) is 0.894.